The molecule has 0 spiro atoms. The third-order valence-corrected chi connectivity index (χ3v) is 6.98. The molecule has 0 saturated carbocycles. The predicted octanol–water partition coefficient (Wildman–Crippen LogP) is 4.79. The number of carbonyl (C=O) groups is 1. The van der Waals surface area contributed by atoms with Crippen molar-refractivity contribution in [2.75, 3.05) is 38.8 Å². The molecule has 5 nitrogen and oxygen atoms in total. The molecule has 160 valence electrons. The molecular weight excluding hydrogens is 364 g/mol. The molecule has 1 aliphatic carbocycles. The second-order valence-corrected chi connectivity index (χ2v) is 8.97. The van der Waals surface area contributed by atoms with Gasteiger partial charge in [-0.2, -0.15) is 0 Å². The van der Waals surface area contributed by atoms with E-state index in [4.69, 9.17) is 9.47 Å². The van der Waals surface area contributed by atoms with Crippen molar-refractivity contribution in [2.24, 2.45) is 23.2 Å². The third-order valence-electron chi connectivity index (χ3n) is 6.98. The largest absolute Gasteiger partial charge is 0.449 e. The summed E-state index contributed by atoms with van der Waals surface area (Å²) in [6, 6.07) is 8.66. The maximum atomic E-state index is 12.1. The van der Waals surface area contributed by atoms with Crippen LogP contribution in [-0.4, -0.2) is 39.9 Å². The van der Waals surface area contributed by atoms with Crippen molar-refractivity contribution in [1.29, 1.82) is 0 Å². The lowest BCUT2D eigenvalue weighted by atomic mass is 9.56. The lowest BCUT2D eigenvalue weighted by Gasteiger charge is -2.55. The van der Waals surface area contributed by atoms with E-state index in [1.807, 2.05) is 6.92 Å². The molecular formula is C24H36N2O3. The first-order chi connectivity index (χ1) is 13.8. The summed E-state index contributed by atoms with van der Waals surface area (Å²) in [5.41, 5.74) is 3.58. The summed E-state index contributed by atoms with van der Waals surface area (Å²) in [6.45, 7) is 10.4. The number of benzene rings is 1. The third kappa shape index (κ3) is 4.16. The molecule has 5 unspecified atom stereocenters. The number of amides is 1. The molecule has 2 bridgehead atoms. The summed E-state index contributed by atoms with van der Waals surface area (Å²) in [4.78, 5) is 14.2. The highest BCUT2D eigenvalue weighted by Gasteiger charge is 2.54. The molecule has 1 N–H and O–H groups in total. The van der Waals surface area contributed by atoms with Crippen LogP contribution in [0.5, 0.6) is 0 Å². The Balaban J connectivity index is 1.81. The summed E-state index contributed by atoms with van der Waals surface area (Å²) in [6.07, 6.45) is 2.97. The number of nitrogens with zero attached hydrogens (tertiary/aromatic N) is 1. The van der Waals surface area contributed by atoms with Crippen molar-refractivity contribution >= 4 is 11.8 Å². The smallest absolute Gasteiger partial charge is 0.407 e. The highest BCUT2D eigenvalue weighted by Crippen LogP contribution is 2.56. The topological polar surface area (TPSA) is 50.8 Å². The van der Waals surface area contributed by atoms with Crippen LogP contribution in [0.3, 0.4) is 0 Å². The molecule has 1 fully saturated rings. The van der Waals surface area contributed by atoms with Gasteiger partial charge in [0, 0.05) is 37.7 Å². The molecule has 1 aromatic carbocycles. The number of allylic oxidation sites excluding steroid dienone is 1. The number of hydrogen-bond donors (Lipinski definition) is 1. The van der Waals surface area contributed by atoms with Crippen LogP contribution in [-0.2, 0) is 9.47 Å². The van der Waals surface area contributed by atoms with Gasteiger partial charge in [0.05, 0.1) is 12.7 Å². The van der Waals surface area contributed by atoms with Crippen LogP contribution < -0.4 is 10.2 Å². The van der Waals surface area contributed by atoms with Gasteiger partial charge in [-0.1, -0.05) is 44.6 Å². The van der Waals surface area contributed by atoms with Gasteiger partial charge < -0.3 is 19.7 Å². The highest BCUT2D eigenvalue weighted by molar-refractivity contribution is 5.67. The van der Waals surface area contributed by atoms with Gasteiger partial charge in [-0.3, -0.25) is 0 Å². The van der Waals surface area contributed by atoms with Gasteiger partial charge in [0.25, 0.3) is 0 Å². The average Bonchev–Trinajstić information content (AvgIpc) is 2.70. The minimum Gasteiger partial charge on any atom is -0.449 e. The first-order valence-electron chi connectivity index (χ1n) is 10.8. The molecule has 2 aliphatic rings. The zero-order valence-electron chi connectivity index (χ0n) is 18.7. The van der Waals surface area contributed by atoms with Crippen LogP contribution in [0.2, 0.25) is 0 Å². The predicted molar refractivity (Wildman–Crippen MR) is 117 cm³/mol. The summed E-state index contributed by atoms with van der Waals surface area (Å²) in [7, 11) is 4.10. The summed E-state index contributed by atoms with van der Waals surface area (Å²) in [5.74, 6) is 0.936. The second kappa shape index (κ2) is 8.78. The molecule has 5 atom stereocenters. The minimum atomic E-state index is -0.329. The molecule has 1 amide bonds. The Labute approximate surface area is 175 Å². The average molecular weight is 401 g/mol. The second-order valence-electron chi connectivity index (χ2n) is 8.97. The van der Waals surface area contributed by atoms with E-state index < -0.39 is 0 Å². The number of rotatable bonds is 6. The van der Waals surface area contributed by atoms with Gasteiger partial charge in [0.15, 0.2) is 0 Å². The van der Waals surface area contributed by atoms with Crippen LogP contribution in [0.1, 0.15) is 45.8 Å². The number of nitrogens with one attached hydrogen (secondary N) is 1. The molecule has 1 saturated heterocycles. The van der Waals surface area contributed by atoms with Crippen molar-refractivity contribution in [3.05, 3.63) is 41.5 Å². The van der Waals surface area contributed by atoms with Crippen LogP contribution in [0.4, 0.5) is 10.5 Å². The SMILES string of the molecule is CCCNC(=O)OCC12COC(c3ccc(N(C)C)cc3)C(C(C)=CC1C)C2C. The standard InChI is InChI=1S/C24H36N2O3/c1-7-12-25-23(27)29-15-24-14-28-22(19-8-10-20(11-9-19)26(5)6)21(18(24)4)16(2)13-17(24)3/h8-11,13,17-18,21-22H,7,12,14-15H2,1-6H3,(H,25,27). The van der Waals surface area contributed by atoms with Gasteiger partial charge in [-0.05, 0) is 42.9 Å². The van der Waals surface area contributed by atoms with Gasteiger partial charge in [0.1, 0.15) is 6.61 Å². The van der Waals surface area contributed by atoms with Gasteiger partial charge >= 0.3 is 6.09 Å². The Bertz CT molecular complexity index is 743. The van der Waals surface area contributed by atoms with Crippen LogP contribution in [0.25, 0.3) is 0 Å². The van der Waals surface area contributed by atoms with E-state index in [0.29, 0.717) is 31.6 Å². The first-order valence-corrected chi connectivity index (χ1v) is 10.8. The van der Waals surface area contributed by atoms with E-state index in [1.54, 1.807) is 0 Å². The fourth-order valence-corrected chi connectivity index (χ4v) is 5.00. The summed E-state index contributed by atoms with van der Waals surface area (Å²) >= 11 is 0. The maximum absolute atomic E-state index is 12.1. The van der Waals surface area contributed by atoms with E-state index in [9.17, 15) is 4.79 Å². The Kier molecular flexibility index (Phi) is 6.57. The Morgan fingerprint density at radius 1 is 1.28 bits per heavy atom. The van der Waals surface area contributed by atoms with Crippen molar-refractivity contribution in [3.8, 4) is 0 Å². The fourth-order valence-electron chi connectivity index (χ4n) is 5.00. The molecule has 29 heavy (non-hydrogen) atoms. The molecule has 3 rings (SSSR count). The minimum absolute atomic E-state index is 0.0343. The molecule has 5 heteroatoms. The number of fused-ring (bicyclic) bond motifs is 2. The molecule has 0 aromatic heterocycles. The Morgan fingerprint density at radius 2 is 1.97 bits per heavy atom. The van der Waals surface area contributed by atoms with Crippen LogP contribution in [0.15, 0.2) is 35.9 Å². The molecule has 1 aromatic rings. The zero-order valence-corrected chi connectivity index (χ0v) is 18.7. The maximum Gasteiger partial charge on any atom is 0.407 e. The first kappa shape index (κ1) is 21.7. The normalized spacial score (nSPS) is 31.0. The van der Waals surface area contributed by atoms with Crippen molar-refractivity contribution < 1.29 is 14.3 Å². The molecule has 1 heterocycles. The molecule has 1 aliphatic heterocycles. The number of hydrogen-bond acceptors (Lipinski definition) is 4. The van der Waals surface area contributed by atoms with E-state index in [-0.39, 0.29) is 23.5 Å². The quantitative estimate of drug-likeness (QED) is 0.697. The highest BCUT2D eigenvalue weighted by atomic mass is 16.6. The lowest BCUT2D eigenvalue weighted by Crippen LogP contribution is -2.54. The van der Waals surface area contributed by atoms with Gasteiger partial charge in [0.2, 0.25) is 0 Å². The fraction of sp³-hybridized carbons (Fsp3) is 0.625. The number of anilines is 1. The van der Waals surface area contributed by atoms with E-state index >= 15 is 0 Å². The number of carbonyl (C=O) groups excluding carboxylic acids is 1. The van der Waals surface area contributed by atoms with E-state index in [1.165, 1.54) is 16.8 Å². The Morgan fingerprint density at radius 3 is 2.59 bits per heavy atom. The summed E-state index contributed by atoms with van der Waals surface area (Å²) in [5, 5.41) is 2.81. The van der Waals surface area contributed by atoms with Gasteiger partial charge in [-0.15, -0.1) is 0 Å². The summed E-state index contributed by atoms with van der Waals surface area (Å²) < 4.78 is 12.1. The number of ether oxygens (including phenoxy) is 2. The van der Waals surface area contributed by atoms with E-state index in [2.05, 4.69) is 75.4 Å². The van der Waals surface area contributed by atoms with Crippen LogP contribution >= 0.6 is 0 Å². The zero-order chi connectivity index (χ0) is 21.2. The lowest BCUT2D eigenvalue weighted by molar-refractivity contribution is -0.165. The Hall–Kier alpha value is -2.01. The van der Waals surface area contributed by atoms with E-state index in [0.717, 1.165) is 6.42 Å². The van der Waals surface area contributed by atoms with Crippen molar-refractivity contribution in [1.82, 2.24) is 5.32 Å². The number of alkyl carbamates (subject to hydrolysis) is 1. The van der Waals surface area contributed by atoms with Crippen molar-refractivity contribution in [3.63, 3.8) is 0 Å². The van der Waals surface area contributed by atoms with Crippen molar-refractivity contribution in [2.45, 2.75) is 40.2 Å². The van der Waals surface area contributed by atoms with Gasteiger partial charge in [-0.25, -0.2) is 4.79 Å². The van der Waals surface area contributed by atoms with Crippen LogP contribution in [0, 0.1) is 23.2 Å². The monoisotopic (exact) mass is 400 g/mol. The molecule has 0 radical (unpaired) electrons.